The van der Waals surface area contributed by atoms with Gasteiger partial charge in [0.15, 0.2) is 17.5 Å². The molecule has 3 aromatic carbocycles. The van der Waals surface area contributed by atoms with Crippen molar-refractivity contribution >= 4 is 16.7 Å². The molecule has 0 bridgehead atoms. The molecule has 4 nitrogen and oxygen atoms in total. The first kappa shape index (κ1) is 29.5. The topological polar surface area (TPSA) is 95.2 Å². The van der Waals surface area contributed by atoms with Crippen molar-refractivity contribution in [3.05, 3.63) is 146 Å². The third-order valence-corrected chi connectivity index (χ3v) is 9.56. The van der Waals surface area contributed by atoms with Crippen LogP contribution in [-0.4, -0.2) is 0 Å². The number of nitriles is 4. The van der Waals surface area contributed by atoms with Crippen LogP contribution in [0.2, 0.25) is 0 Å². The van der Waals surface area contributed by atoms with Gasteiger partial charge >= 0.3 is 0 Å². The lowest BCUT2D eigenvalue weighted by molar-refractivity contribution is 0.501. The van der Waals surface area contributed by atoms with Gasteiger partial charge in [-0.2, -0.15) is 21.0 Å². The maximum atomic E-state index is 14.2. The van der Waals surface area contributed by atoms with E-state index in [0.29, 0.717) is 56.5 Å². The molecule has 4 aliphatic carbocycles. The summed E-state index contributed by atoms with van der Waals surface area (Å²) >= 11 is 0. The molecule has 0 radical (unpaired) electrons. The summed E-state index contributed by atoms with van der Waals surface area (Å²) in [5.41, 5.74) is 6.49. The Morgan fingerprint density at radius 1 is 0.745 bits per heavy atom. The van der Waals surface area contributed by atoms with E-state index in [1.54, 1.807) is 24.3 Å². The van der Waals surface area contributed by atoms with Gasteiger partial charge in [0.25, 0.3) is 0 Å². The molecule has 0 saturated carbocycles. The van der Waals surface area contributed by atoms with Gasteiger partial charge in [-0.05, 0) is 92.4 Å². The summed E-state index contributed by atoms with van der Waals surface area (Å²) < 4.78 is 55.8. The average Bonchev–Trinajstić information content (AvgIpc) is 3.51. The maximum Gasteiger partial charge on any atom is 0.159 e. The second kappa shape index (κ2) is 10.7. The van der Waals surface area contributed by atoms with E-state index in [1.807, 2.05) is 55.5 Å². The summed E-state index contributed by atoms with van der Waals surface area (Å²) in [6.07, 6.45) is 4.76. The van der Waals surface area contributed by atoms with Crippen LogP contribution in [0.5, 0.6) is 0 Å². The molecule has 47 heavy (non-hydrogen) atoms. The van der Waals surface area contributed by atoms with Gasteiger partial charge in [-0.1, -0.05) is 49.4 Å². The van der Waals surface area contributed by atoms with Crippen molar-refractivity contribution in [3.8, 4) is 35.4 Å². The molecule has 0 aliphatic heterocycles. The SMILES string of the molecule is CC12CC3=C(C=C1C(=C(C#N)C#N)c1cc(C4C=CC(F)=C(F)C4)ccc12)c1ccc(-c2ccc(F)c(F)c2)cc1C3=C(C#N)C#N. The van der Waals surface area contributed by atoms with E-state index in [-0.39, 0.29) is 17.6 Å². The number of fused-ring (bicyclic) bond motifs is 5. The maximum absolute atomic E-state index is 14.2. The van der Waals surface area contributed by atoms with Gasteiger partial charge in [0.05, 0.1) is 0 Å². The molecular weight excluding hydrogens is 600 g/mol. The second-order valence-corrected chi connectivity index (χ2v) is 12.0. The zero-order valence-electron chi connectivity index (χ0n) is 24.7. The van der Waals surface area contributed by atoms with Crippen molar-refractivity contribution in [1.82, 2.24) is 0 Å². The molecule has 0 aromatic heterocycles. The molecule has 2 unspecified atom stereocenters. The minimum absolute atomic E-state index is 0.101. The Bertz CT molecular complexity index is 2330. The van der Waals surface area contributed by atoms with Crippen LogP contribution in [0.25, 0.3) is 27.8 Å². The fourth-order valence-electron chi connectivity index (χ4n) is 7.32. The smallest absolute Gasteiger partial charge is 0.159 e. The molecule has 0 spiro atoms. The fourth-order valence-corrected chi connectivity index (χ4v) is 7.32. The Balaban J connectivity index is 1.43. The standard InChI is InChI=1S/C39H20F4N4/c1-39-15-30-27(26-6-2-20(22-4-8-33(40)35(42)12-22)10-28(26)37(30)24(16-44)17-45)14-32(39)38(25(18-46)19-47)29-11-21(3-7-31(29)39)23-5-9-34(41)36(43)13-23/h2-12,14,23H,13,15H2,1H3. The van der Waals surface area contributed by atoms with Gasteiger partial charge in [0, 0.05) is 28.9 Å². The van der Waals surface area contributed by atoms with Crippen LogP contribution >= 0.6 is 0 Å². The number of hydrogen-bond acceptors (Lipinski definition) is 4. The van der Waals surface area contributed by atoms with E-state index in [9.17, 15) is 38.6 Å². The normalized spacial score (nSPS) is 20.3. The Morgan fingerprint density at radius 3 is 2.11 bits per heavy atom. The predicted molar refractivity (Wildman–Crippen MR) is 167 cm³/mol. The Hall–Kier alpha value is -6.22. The minimum Gasteiger partial charge on any atom is -0.209 e. The van der Waals surface area contributed by atoms with Crippen LogP contribution in [0, 0.1) is 57.0 Å². The highest BCUT2D eigenvalue weighted by Crippen LogP contribution is 2.61. The van der Waals surface area contributed by atoms with Crippen molar-refractivity contribution < 1.29 is 17.6 Å². The first-order valence-corrected chi connectivity index (χ1v) is 14.7. The molecule has 0 amide bonds. The summed E-state index contributed by atoms with van der Waals surface area (Å²) in [5, 5.41) is 40.2. The average molecular weight is 621 g/mol. The number of rotatable bonds is 2. The van der Waals surface area contributed by atoms with Crippen LogP contribution in [0.1, 0.15) is 53.5 Å². The van der Waals surface area contributed by atoms with Gasteiger partial charge in [-0.25, -0.2) is 17.6 Å². The van der Waals surface area contributed by atoms with Gasteiger partial charge < -0.3 is 0 Å². The summed E-state index contributed by atoms with van der Waals surface area (Å²) in [7, 11) is 0. The van der Waals surface area contributed by atoms with E-state index < -0.39 is 34.6 Å². The van der Waals surface area contributed by atoms with E-state index in [1.165, 1.54) is 6.07 Å². The van der Waals surface area contributed by atoms with Gasteiger partial charge in [-0.15, -0.1) is 0 Å². The fraction of sp³-hybridized carbons (Fsp3) is 0.128. The number of halogens is 4. The lowest BCUT2D eigenvalue weighted by Gasteiger charge is -2.33. The van der Waals surface area contributed by atoms with Crippen LogP contribution in [-0.2, 0) is 5.41 Å². The van der Waals surface area contributed by atoms with Crippen molar-refractivity contribution in [2.24, 2.45) is 0 Å². The highest BCUT2D eigenvalue weighted by Gasteiger charge is 2.48. The zero-order valence-corrected chi connectivity index (χ0v) is 24.7. The summed E-state index contributed by atoms with van der Waals surface area (Å²) in [4.78, 5) is 0. The van der Waals surface area contributed by atoms with E-state index in [0.717, 1.165) is 34.9 Å². The van der Waals surface area contributed by atoms with Crippen LogP contribution in [0.3, 0.4) is 0 Å². The molecule has 0 saturated heterocycles. The highest BCUT2D eigenvalue weighted by atomic mass is 19.2. The number of hydrogen-bond donors (Lipinski definition) is 0. The van der Waals surface area contributed by atoms with Crippen molar-refractivity contribution in [1.29, 1.82) is 21.0 Å². The molecular formula is C39H20F4N4. The largest absolute Gasteiger partial charge is 0.209 e. The molecule has 3 aromatic rings. The van der Waals surface area contributed by atoms with Crippen LogP contribution in [0.15, 0.2) is 107 Å². The Morgan fingerprint density at radius 2 is 1.43 bits per heavy atom. The number of nitrogens with zero attached hydrogens (tertiary/aromatic N) is 4. The zero-order chi connectivity index (χ0) is 33.2. The predicted octanol–water partition coefficient (Wildman–Crippen LogP) is 9.50. The summed E-state index contributed by atoms with van der Waals surface area (Å²) in [5.74, 6) is -4.17. The first-order chi connectivity index (χ1) is 22.6. The van der Waals surface area contributed by atoms with Crippen LogP contribution in [0.4, 0.5) is 17.6 Å². The van der Waals surface area contributed by atoms with Crippen LogP contribution < -0.4 is 0 Å². The molecule has 0 heterocycles. The molecule has 0 N–H and O–H groups in total. The molecule has 4 aliphatic rings. The lowest BCUT2D eigenvalue weighted by Crippen LogP contribution is -2.24. The monoisotopic (exact) mass is 620 g/mol. The molecule has 0 fully saturated rings. The van der Waals surface area contributed by atoms with Gasteiger partial charge in [0.1, 0.15) is 41.2 Å². The van der Waals surface area contributed by atoms with Gasteiger partial charge in [-0.3, -0.25) is 0 Å². The molecule has 7 rings (SSSR count). The quantitative estimate of drug-likeness (QED) is 0.211. The number of benzene rings is 3. The molecule has 224 valence electrons. The van der Waals surface area contributed by atoms with E-state index >= 15 is 0 Å². The van der Waals surface area contributed by atoms with Crippen molar-refractivity contribution in [2.75, 3.05) is 0 Å². The third-order valence-electron chi connectivity index (χ3n) is 9.56. The van der Waals surface area contributed by atoms with E-state index in [4.69, 9.17) is 0 Å². The van der Waals surface area contributed by atoms with E-state index in [2.05, 4.69) is 0 Å². The Kier molecular flexibility index (Phi) is 6.71. The minimum atomic E-state index is -1.00. The highest BCUT2D eigenvalue weighted by molar-refractivity contribution is 6.10. The van der Waals surface area contributed by atoms with Crippen molar-refractivity contribution in [3.63, 3.8) is 0 Å². The second-order valence-electron chi connectivity index (χ2n) is 12.0. The summed E-state index contributed by atoms with van der Waals surface area (Å²) in [6.45, 7) is 1.98. The van der Waals surface area contributed by atoms with Gasteiger partial charge in [0.2, 0.25) is 0 Å². The molecule has 8 heteroatoms. The first-order valence-electron chi connectivity index (χ1n) is 14.7. The molecule has 2 atom stereocenters. The summed E-state index contributed by atoms with van der Waals surface area (Å²) in [6, 6.07) is 22.5. The third kappa shape index (κ3) is 4.31. The van der Waals surface area contributed by atoms with Crippen molar-refractivity contribution in [2.45, 2.75) is 31.1 Å². The lowest BCUT2D eigenvalue weighted by atomic mass is 9.69. The number of allylic oxidation sites excluding steroid dienone is 12. The Labute approximate surface area is 267 Å².